The van der Waals surface area contributed by atoms with Gasteiger partial charge in [-0.3, -0.25) is 9.69 Å². The Kier molecular flexibility index (Phi) is 7.75. The number of hydrogen-bond acceptors (Lipinski definition) is 4. The first kappa shape index (κ1) is 26.9. The molecule has 1 aromatic rings. The van der Waals surface area contributed by atoms with Crippen LogP contribution in [0.4, 0.5) is 18.9 Å². The van der Waals surface area contributed by atoms with Gasteiger partial charge in [-0.25, -0.2) is 8.42 Å². The van der Waals surface area contributed by atoms with E-state index in [1.807, 2.05) is 32.6 Å². The summed E-state index contributed by atoms with van der Waals surface area (Å²) >= 11 is 0. The summed E-state index contributed by atoms with van der Waals surface area (Å²) in [5.41, 5.74) is -1.20. The van der Waals surface area contributed by atoms with Gasteiger partial charge in [0.1, 0.15) is 0 Å². The molecule has 1 amide bonds. The van der Waals surface area contributed by atoms with Crippen LogP contribution in [0.25, 0.3) is 0 Å². The minimum absolute atomic E-state index is 0.0517. The molecule has 34 heavy (non-hydrogen) atoms. The van der Waals surface area contributed by atoms with Gasteiger partial charge in [0.2, 0.25) is 15.9 Å². The van der Waals surface area contributed by atoms with Crippen LogP contribution in [-0.2, 0) is 21.0 Å². The van der Waals surface area contributed by atoms with Crippen LogP contribution in [0.5, 0.6) is 0 Å². The molecule has 1 aromatic carbocycles. The second-order valence-corrected chi connectivity index (χ2v) is 12.8. The molecule has 1 N–H and O–H groups in total. The van der Waals surface area contributed by atoms with Gasteiger partial charge in [-0.05, 0) is 82.2 Å². The van der Waals surface area contributed by atoms with Crippen molar-refractivity contribution in [2.45, 2.75) is 65.1 Å². The molecule has 0 bridgehead atoms. The lowest BCUT2D eigenvalue weighted by Crippen LogP contribution is -2.59. The van der Waals surface area contributed by atoms with E-state index in [-0.39, 0.29) is 35.2 Å². The molecule has 192 valence electrons. The highest BCUT2D eigenvalue weighted by Crippen LogP contribution is 2.46. The van der Waals surface area contributed by atoms with Crippen molar-refractivity contribution in [1.82, 2.24) is 9.21 Å². The van der Waals surface area contributed by atoms with E-state index in [4.69, 9.17) is 0 Å². The average molecular weight is 504 g/mol. The van der Waals surface area contributed by atoms with Gasteiger partial charge >= 0.3 is 6.18 Å². The number of carbonyl (C=O) groups excluding carboxylic acids is 1. The third kappa shape index (κ3) is 6.51. The lowest BCUT2D eigenvalue weighted by Gasteiger charge is -2.53. The number of likely N-dealkylation sites (tertiary alicyclic amines) is 1. The molecular formula is C24H36F3N3O3S. The summed E-state index contributed by atoms with van der Waals surface area (Å²) in [6, 6.07) is 4.61. The van der Waals surface area contributed by atoms with Gasteiger partial charge in [-0.15, -0.1) is 0 Å². The number of amides is 1. The lowest BCUT2D eigenvalue weighted by molar-refractivity contribution is -0.137. The van der Waals surface area contributed by atoms with Crippen LogP contribution in [0.15, 0.2) is 24.3 Å². The van der Waals surface area contributed by atoms with Gasteiger partial charge in [-0.1, -0.05) is 19.9 Å². The Labute approximate surface area is 200 Å². The molecule has 0 unspecified atom stereocenters. The number of rotatable bonds is 6. The Hall–Kier alpha value is -1.65. The summed E-state index contributed by atoms with van der Waals surface area (Å²) in [4.78, 5) is 14.4. The largest absolute Gasteiger partial charge is 0.416 e. The van der Waals surface area contributed by atoms with Crippen molar-refractivity contribution in [3.8, 4) is 0 Å². The zero-order valence-electron chi connectivity index (χ0n) is 20.4. The number of nitrogens with one attached hydrogen (secondary N) is 1. The first-order valence-electron chi connectivity index (χ1n) is 11.8. The quantitative estimate of drug-likeness (QED) is 0.617. The minimum Gasteiger partial charge on any atom is -0.325 e. The number of piperidine rings is 2. The third-order valence-electron chi connectivity index (χ3n) is 7.06. The van der Waals surface area contributed by atoms with Crippen LogP contribution < -0.4 is 5.32 Å². The Morgan fingerprint density at radius 3 is 2.35 bits per heavy atom. The second-order valence-electron chi connectivity index (χ2n) is 10.9. The molecule has 1 spiro atoms. The van der Waals surface area contributed by atoms with Crippen molar-refractivity contribution < 1.29 is 26.4 Å². The van der Waals surface area contributed by atoms with Gasteiger partial charge in [0.15, 0.2) is 0 Å². The molecular weight excluding hydrogens is 467 g/mol. The van der Waals surface area contributed by atoms with Gasteiger partial charge < -0.3 is 5.32 Å². The van der Waals surface area contributed by atoms with Crippen molar-refractivity contribution in [2.75, 3.05) is 37.2 Å². The van der Waals surface area contributed by atoms with Crippen molar-refractivity contribution >= 4 is 21.6 Å². The summed E-state index contributed by atoms with van der Waals surface area (Å²) in [6.07, 6.45) is -1.16. The maximum Gasteiger partial charge on any atom is 0.416 e. The number of halogens is 3. The van der Waals surface area contributed by atoms with Gasteiger partial charge in [0.25, 0.3) is 0 Å². The van der Waals surface area contributed by atoms with E-state index in [2.05, 4.69) is 5.32 Å². The zero-order chi connectivity index (χ0) is 25.4. The fourth-order valence-corrected chi connectivity index (χ4v) is 7.39. The highest BCUT2D eigenvalue weighted by atomic mass is 32.2. The predicted octanol–water partition coefficient (Wildman–Crippen LogP) is 4.59. The summed E-state index contributed by atoms with van der Waals surface area (Å²) in [6.45, 7) is 9.69. The molecule has 6 nitrogen and oxygen atoms in total. The second kappa shape index (κ2) is 9.78. The zero-order valence-corrected chi connectivity index (χ0v) is 21.2. The SMILES string of the molecule is CC(C)CS(=O)(=O)N1CC2(CCN(CC(=O)Nc3cccc(C(F)(F)F)c3)CC2)CCC1(C)C. The molecule has 10 heteroatoms. The number of alkyl halides is 3. The number of carbonyl (C=O) groups is 1. The highest BCUT2D eigenvalue weighted by molar-refractivity contribution is 7.89. The molecule has 2 aliphatic rings. The van der Waals surface area contributed by atoms with Gasteiger partial charge in [-0.2, -0.15) is 17.5 Å². The molecule has 0 radical (unpaired) electrons. The Balaban J connectivity index is 1.59. The van der Waals surface area contributed by atoms with E-state index >= 15 is 0 Å². The number of anilines is 1. The minimum atomic E-state index is -4.47. The average Bonchev–Trinajstić information content (AvgIpc) is 2.70. The third-order valence-corrected chi connectivity index (χ3v) is 9.44. The van der Waals surface area contributed by atoms with Crippen LogP contribution in [0.3, 0.4) is 0 Å². The van der Waals surface area contributed by atoms with Crippen molar-refractivity contribution in [2.24, 2.45) is 11.3 Å². The first-order chi connectivity index (χ1) is 15.6. The molecule has 0 atom stereocenters. The smallest absolute Gasteiger partial charge is 0.325 e. The van der Waals surface area contributed by atoms with E-state index in [1.165, 1.54) is 12.1 Å². The van der Waals surface area contributed by atoms with Crippen LogP contribution in [0, 0.1) is 11.3 Å². The Morgan fingerprint density at radius 2 is 1.76 bits per heavy atom. The van der Waals surface area contributed by atoms with Crippen LogP contribution in [-0.4, -0.2) is 61.0 Å². The van der Waals surface area contributed by atoms with E-state index in [0.29, 0.717) is 19.6 Å². The molecule has 2 saturated heterocycles. The van der Waals surface area contributed by atoms with Crippen molar-refractivity contribution in [3.05, 3.63) is 29.8 Å². The highest BCUT2D eigenvalue weighted by Gasteiger charge is 2.48. The van der Waals surface area contributed by atoms with Crippen LogP contribution in [0.2, 0.25) is 0 Å². The molecule has 0 aromatic heterocycles. The summed E-state index contributed by atoms with van der Waals surface area (Å²) < 4.78 is 66.6. The van der Waals surface area contributed by atoms with Crippen molar-refractivity contribution in [3.63, 3.8) is 0 Å². The Bertz CT molecular complexity index is 985. The molecule has 0 saturated carbocycles. The predicted molar refractivity (Wildman–Crippen MR) is 127 cm³/mol. The van der Waals surface area contributed by atoms with E-state index in [1.54, 1.807) is 4.31 Å². The maximum atomic E-state index is 13.1. The van der Waals surface area contributed by atoms with E-state index in [9.17, 15) is 26.4 Å². The Morgan fingerprint density at radius 1 is 1.12 bits per heavy atom. The van der Waals surface area contributed by atoms with Crippen molar-refractivity contribution in [1.29, 1.82) is 0 Å². The molecule has 3 rings (SSSR count). The normalized spacial score (nSPS) is 21.6. The standard InChI is InChI=1S/C24H36F3N3O3S/c1-18(2)16-34(32,33)30-17-23(9-8-22(30,3)4)10-12-29(13-11-23)15-21(31)28-20-7-5-6-19(14-20)24(25,26)27/h5-7,14,18H,8-13,15-17H2,1-4H3,(H,28,31). The first-order valence-corrected chi connectivity index (χ1v) is 13.4. The van der Waals surface area contributed by atoms with Crippen LogP contribution >= 0.6 is 0 Å². The molecule has 2 aliphatic heterocycles. The molecule has 0 aliphatic carbocycles. The van der Waals surface area contributed by atoms with E-state index in [0.717, 1.165) is 37.8 Å². The van der Waals surface area contributed by atoms with Gasteiger partial charge in [0.05, 0.1) is 17.9 Å². The number of nitrogens with zero attached hydrogens (tertiary/aromatic N) is 2. The summed E-state index contributed by atoms with van der Waals surface area (Å²) in [5, 5.41) is 2.56. The van der Waals surface area contributed by atoms with Crippen LogP contribution in [0.1, 0.15) is 58.9 Å². The summed E-state index contributed by atoms with van der Waals surface area (Å²) in [7, 11) is -3.37. The molecule has 2 heterocycles. The van der Waals surface area contributed by atoms with E-state index < -0.39 is 27.3 Å². The summed E-state index contributed by atoms with van der Waals surface area (Å²) in [5.74, 6) is -0.175. The number of sulfonamides is 1. The van der Waals surface area contributed by atoms with Gasteiger partial charge in [0, 0.05) is 17.8 Å². The molecule has 2 fully saturated rings. The number of hydrogen-bond donors (Lipinski definition) is 1. The fourth-order valence-electron chi connectivity index (χ4n) is 5.05. The number of benzene rings is 1. The fraction of sp³-hybridized carbons (Fsp3) is 0.708. The topological polar surface area (TPSA) is 69.7 Å². The lowest BCUT2D eigenvalue weighted by atomic mass is 9.69. The monoisotopic (exact) mass is 503 g/mol. The maximum absolute atomic E-state index is 13.1.